The molecule has 1 aliphatic heterocycles. The van der Waals surface area contributed by atoms with Gasteiger partial charge >= 0.3 is 0 Å². The number of piperidine rings is 1. The molecule has 0 atom stereocenters. The molecule has 0 radical (unpaired) electrons. The second-order valence-corrected chi connectivity index (χ2v) is 7.49. The van der Waals surface area contributed by atoms with Gasteiger partial charge in [-0.3, -0.25) is 4.79 Å². The van der Waals surface area contributed by atoms with E-state index in [1.165, 1.54) is 49.2 Å². The highest BCUT2D eigenvalue weighted by Crippen LogP contribution is 2.37. The van der Waals surface area contributed by atoms with Gasteiger partial charge in [0.05, 0.1) is 31.6 Å². The maximum Gasteiger partial charge on any atom is 0.230 e. The number of rotatable bonds is 4. The van der Waals surface area contributed by atoms with Gasteiger partial charge in [-0.25, -0.2) is 0 Å². The van der Waals surface area contributed by atoms with E-state index in [1.807, 2.05) is 0 Å². The summed E-state index contributed by atoms with van der Waals surface area (Å²) < 4.78 is 0. The Kier molecular flexibility index (Phi) is 5.12. The fourth-order valence-electron chi connectivity index (χ4n) is 3.55. The first kappa shape index (κ1) is 15.5. The lowest BCUT2D eigenvalue weighted by molar-refractivity contribution is -0.904. The number of nitriles is 1. The van der Waals surface area contributed by atoms with Crippen LogP contribution in [0.25, 0.3) is 0 Å². The average Bonchev–Trinajstić information content (AvgIpc) is 2.91. The molecular weight excluding hydrogens is 294 g/mol. The van der Waals surface area contributed by atoms with Crippen molar-refractivity contribution in [1.82, 2.24) is 0 Å². The molecule has 0 unspecified atom stereocenters. The van der Waals surface area contributed by atoms with Crippen molar-refractivity contribution in [3.05, 3.63) is 16.0 Å². The largest absolute Gasteiger partial charge is 0.335 e. The SMILES string of the molecule is N#Cc1c(NC(=O)CC[NH+]2CCCCC2)sc2c1CCCC2. The molecule has 2 N–H and O–H groups in total. The van der Waals surface area contributed by atoms with Crippen LogP contribution in [0.5, 0.6) is 0 Å². The fourth-order valence-corrected chi connectivity index (χ4v) is 4.81. The van der Waals surface area contributed by atoms with Gasteiger partial charge in [0, 0.05) is 4.88 Å². The number of anilines is 1. The van der Waals surface area contributed by atoms with E-state index < -0.39 is 0 Å². The molecule has 118 valence electrons. The van der Waals surface area contributed by atoms with Crippen molar-refractivity contribution in [2.24, 2.45) is 0 Å². The van der Waals surface area contributed by atoms with Crippen LogP contribution < -0.4 is 10.2 Å². The number of hydrogen-bond acceptors (Lipinski definition) is 3. The van der Waals surface area contributed by atoms with Gasteiger partial charge in [0.1, 0.15) is 11.1 Å². The van der Waals surface area contributed by atoms with Gasteiger partial charge in [0.15, 0.2) is 0 Å². The van der Waals surface area contributed by atoms with Crippen molar-refractivity contribution >= 4 is 22.2 Å². The highest BCUT2D eigenvalue weighted by molar-refractivity contribution is 7.16. The third kappa shape index (κ3) is 3.50. The Morgan fingerprint density at radius 3 is 2.73 bits per heavy atom. The zero-order valence-electron chi connectivity index (χ0n) is 13.0. The van der Waals surface area contributed by atoms with Crippen LogP contribution >= 0.6 is 11.3 Å². The van der Waals surface area contributed by atoms with Gasteiger partial charge in [-0.2, -0.15) is 5.26 Å². The molecule has 0 bridgehead atoms. The third-order valence-electron chi connectivity index (χ3n) is 4.80. The van der Waals surface area contributed by atoms with Crippen molar-refractivity contribution in [3.8, 4) is 6.07 Å². The summed E-state index contributed by atoms with van der Waals surface area (Å²) in [7, 11) is 0. The van der Waals surface area contributed by atoms with Crippen LogP contribution in [-0.4, -0.2) is 25.5 Å². The van der Waals surface area contributed by atoms with Crippen molar-refractivity contribution in [3.63, 3.8) is 0 Å². The molecule has 1 aromatic rings. The number of hydrogen-bond donors (Lipinski definition) is 2. The highest BCUT2D eigenvalue weighted by atomic mass is 32.1. The topological polar surface area (TPSA) is 57.3 Å². The van der Waals surface area contributed by atoms with E-state index in [4.69, 9.17) is 0 Å². The summed E-state index contributed by atoms with van der Waals surface area (Å²) in [5, 5.41) is 13.2. The molecule has 4 nitrogen and oxygen atoms in total. The number of nitrogens with one attached hydrogen (secondary N) is 2. The summed E-state index contributed by atoms with van der Waals surface area (Å²) in [4.78, 5) is 15.1. The Labute approximate surface area is 136 Å². The lowest BCUT2D eigenvalue weighted by Gasteiger charge is -2.23. The van der Waals surface area contributed by atoms with E-state index in [-0.39, 0.29) is 5.91 Å². The van der Waals surface area contributed by atoms with E-state index in [0.29, 0.717) is 6.42 Å². The van der Waals surface area contributed by atoms with Gasteiger partial charge in [-0.1, -0.05) is 0 Å². The lowest BCUT2D eigenvalue weighted by Crippen LogP contribution is -3.12. The number of quaternary nitrogens is 1. The molecular formula is C17H24N3OS+. The quantitative estimate of drug-likeness (QED) is 0.891. The minimum atomic E-state index is 0.0631. The summed E-state index contributed by atoms with van der Waals surface area (Å²) in [5.41, 5.74) is 1.91. The van der Waals surface area contributed by atoms with Crippen LogP contribution in [0.2, 0.25) is 0 Å². The Bertz CT molecular complexity index is 581. The summed E-state index contributed by atoms with van der Waals surface area (Å²) in [6, 6.07) is 2.31. The first-order valence-corrected chi connectivity index (χ1v) is 9.27. The summed E-state index contributed by atoms with van der Waals surface area (Å²) >= 11 is 1.62. The van der Waals surface area contributed by atoms with E-state index >= 15 is 0 Å². The first-order valence-electron chi connectivity index (χ1n) is 8.46. The predicted molar refractivity (Wildman–Crippen MR) is 88.3 cm³/mol. The monoisotopic (exact) mass is 318 g/mol. The Morgan fingerprint density at radius 1 is 1.18 bits per heavy atom. The van der Waals surface area contributed by atoms with Gasteiger partial charge in [0.2, 0.25) is 5.91 Å². The Morgan fingerprint density at radius 2 is 1.95 bits per heavy atom. The fraction of sp³-hybridized carbons (Fsp3) is 0.647. The zero-order valence-corrected chi connectivity index (χ0v) is 13.9. The third-order valence-corrected chi connectivity index (χ3v) is 6.01. The minimum Gasteiger partial charge on any atom is -0.335 e. The number of fused-ring (bicyclic) bond motifs is 1. The number of amides is 1. The summed E-state index contributed by atoms with van der Waals surface area (Å²) in [6.07, 6.45) is 8.87. The van der Waals surface area contributed by atoms with E-state index in [0.717, 1.165) is 36.4 Å². The number of nitrogens with zero attached hydrogens (tertiary/aromatic N) is 1. The second-order valence-electron chi connectivity index (χ2n) is 6.39. The second kappa shape index (κ2) is 7.26. The highest BCUT2D eigenvalue weighted by Gasteiger charge is 2.22. The number of aryl methyl sites for hydroxylation is 1. The minimum absolute atomic E-state index is 0.0631. The van der Waals surface area contributed by atoms with Crippen LogP contribution in [-0.2, 0) is 17.6 Å². The number of carbonyl (C=O) groups excluding carboxylic acids is 1. The zero-order chi connectivity index (χ0) is 15.4. The molecule has 1 saturated heterocycles. The van der Waals surface area contributed by atoms with E-state index in [2.05, 4.69) is 11.4 Å². The van der Waals surface area contributed by atoms with Gasteiger partial charge in [-0.15, -0.1) is 11.3 Å². The van der Waals surface area contributed by atoms with Gasteiger partial charge in [-0.05, 0) is 50.5 Å². The molecule has 1 aliphatic carbocycles. The van der Waals surface area contributed by atoms with Gasteiger partial charge in [0.25, 0.3) is 0 Å². The van der Waals surface area contributed by atoms with Crippen LogP contribution in [0.15, 0.2) is 0 Å². The normalized spacial score (nSPS) is 18.5. The van der Waals surface area contributed by atoms with E-state index in [1.54, 1.807) is 16.2 Å². The lowest BCUT2D eigenvalue weighted by atomic mass is 9.96. The van der Waals surface area contributed by atoms with Gasteiger partial charge < -0.3 is 10.2 Å². The van der Waals surface area contributed by atoms with Crippen LogP contribution in [0.3, 0.4) is 0 Å². The van der Waals surface area contributed by atoms with E-state index in [9.17, 15) is 10.1 Å². The molecule has 0 spiro atoms. The molecule has 1 aromatic heterocycles. The average molecular weight is 318 g/mol. The maximum absolute atomic E-state index is 12.2. The molecule has 0 aromatic carbocycles. The molecule has 22 heavy (non-hydrogen) atoms. The smallest absolute Gasteiger partial charge is 0.230 e. The Balaban J connectivity index is 1.59. The molecule has 1 fully saturated rings. The van der Waals surface area contributed by atoms with Crippen LogP contribution in [0, 0.1) is 11.3 Å². The molecule has 3 rings (SSSR count). The molecule has 5 heteroatoms. The molecule has 1 amide bonds. The molecule has 2 heterocycles. The first-order chi connectivity index (χ1) is 10.8. The number of likely N-dealkylation sites (tertiary alicyclic amines) is 1. The van der Waals surface area contributed by atoms with Crippen molar-refractivity contribution in [1.29, 1.82) is 5.26 Å². The number of thiophene rings is 1. The molecule has 2 aliphatic rings. The number of carbonyl (C=O) groups is 1. The standard InChI is InChI=1S/C17H23N3OS/c18-12-14-13-6-2-3-7-15(13)22-17(14)19-16(21)8-11-20-9-4-1-5-10-20/h1-11H2,(H,19,21)/p+1. The van der Waals surface area contributed by atoms with Crippen molar-refractivity contribution < 1.29 is 9.69 Å². The molecule has 0 saturated carbocycles. The summed E-state index contributed by atoms with van der Waals surface area (Å²) in [6.45, 7) is 3.31. The Hall–Kier alpha value is -1.38. The summed E-state index contributed by atoms with van der Waals surface area (Å²) in [5.74, 6) is 0.0631. The predicted octanol–water partition coefficient (Wildman–Crippen LogP) is 1.90. The van der Waals surface area contributed by atoms with Crippen LogP contribution in [0.4, 0.5) is 5.00 Å². The van der Waals surface area contributed by atoms with Crippen molar-refractivity contribution in [2.45, 2.75) is 51.4 Å². The maximum atomic E-state index is 12.2. The van der Waals surface area contributed by atoms with Crippen LogP contribution in [0.1, 0.15) is 54.5 Å². The van der Waals surface area contributed by atoms with Crippen molar-refractivity contribution in [2.75, 3.05) is 25.0 Å².